The van der Waals surface area contributed by atoms with Crippen LogP contribution in [-0.2, 0) is 4.79 Å². The Kier molecular flexibility index (Phi) is 7.01. The molecule has 1 aromatic heterocycles. The van der Waals surface area contributed by atoms with Crippen LogP contribution >= 0.6 is 11.8 Å². The minimum absolute atomic E-state index is 0.178. The second-order valence-electron chi connectivity index (χ2n) is 6.38. The Hall–Kier alpha value is -3.27. The number of para-hydroxylation sites is 1. The van der Waals surface area contributed by atoms with Crippen LogP contribution in [-0.4, -0.2) is 54.3 Å². The number of nitrogens with one attached hydrogen (secondary N) is 1. The van der Waals surface area contributed by atoms with Crippen molar-refractivity contribution in [1.82, 2.24) is 20.1 Å². The van der Waals surface area contributed by atoms with Gasteiger partial charge in [0.15, 0.2) is 22.5 Å². The lowest BCUT2D eigenvalue weighted by Gasteiger charge is -2.16. The zero-order valence-corrected chi connectivity index (χ0v) is 18.6. The Bertz CT molecular complexity index is 1060. The summed E-state index contributed by atoms with van der Waals surface area (Å²) in [6.45, 7) is 1.74. The molecule has 1 heterocycles. The Morgan fingerprint density at radius 3 is 2.29 bits per heavy atom. The maximum absolute atomic E-state index is 14.8. The predicted octanol–water partition coefficient (Wildman–Crippen LogP) is 3.33. The summed E-state index contributed by atoms with van der Waals surface area (Å²) in [6, 6.07) is 9.70. The van der Waals surface area contributed by atoms with Gasteiger partial charge in [-0.3, -0.25) is 9.36 Å². The second kappa shape index (κ2) is 9.69. The van der Waals surface area contributed by atoms with E-state index in [-0.39, 0.29) is 11.6 Å². The maximum Gasteiger partial charge on any atom is 0.233 e. The fourth-order valence-electron chi connectivity index (χ4n) is 3.01. The molecule has 0 aliphatic rings. The van der Waals surface area contributed by atoms with Gasteiger partial charge < -0.3 is 19.5 Å². The van der Waals surface area contributed by atoms with Crippen LogP contribution in [0.3, 0.4) is 0 Å². The number of carbonyl (C=O) groups excluding carboxylic acids is 1. The highest BCUT2D eigenvalue weighted by Gasteiger charge is 2.24. The summed E-state index contributed by atoms with van der Waals surface area (Å²) in [5.74, 6) is 0.998. The Morgan fingerprint density at radius 1 is 1.10 bits per heavy atom. The predicted molar refractivity (Wildman–Crippen MR) is 116 cm³/mol. The highest BCUT2D eigenvalue weighted by atomic mass is 32.2. The topological polar surface area (TPSA) is 87.5 Å². The molecule has 10 heteroatoms. The standard InChI is InChI=1S/C21H23FN4O4S/c1-12(20(27)23-2)31-21-25-24-19(26(21)15-9-7-6-8-14(15)22)13-10-16(28-3)18(30-5)17(11-13)29-4/h6-12H,1-5H3,(H,23,27). The molecule has 3 aromatic rings. The van der Waals surface area contributed by atoms with E-state index in [9.17, 15) is 9.18 Å². The third kappa shape index (κ3) is 4.43. The molecule has 2 aromatic carbocycles. The molecule has 8 nitrogen and oxygen atoms in total. The number of rotatable bonds is 8. The van der Waals surface area contributed by atoms with Gasteiger partial charge in [-0.1, -0.05) is 23.9 Å². The summed E-state index contributed by atoms with van der Waals surface area (Å²) >= 11 is 1.17. The molecule has 0 aliphatic heterocycles. The fourth-order valence-corrected chi connectivity index (χ4v) is 3.93. The first-order valence-electron chi connectivity index (χ1n) is 9.34. The SMILES string of the molecule is CNC(=O)C(C)Sc1nnc(-c2cc(OC)c(OC)c(OC)c2)n1-c1ccccc1F. The van der Waals surface area contributed by atoms with Crippen LogP contribution in [0.25, 0.3) is 17.1 Å². The van der Waals surface area contributed by atoms with Crippen molar-refractivity contribution in [3.8, 4) is 34.3 Å². The first-order valence-corrected chi connectivity index (χ1v) is 10.2. The summed E-state index contributed by atoms with van der Waals surface area (Å²) in [7, 11) is 6.09. The number of halogens is 1. The van der Waals surface area contributed by atoms with Gasteiger partial charge in [0, 0.05) is 12.6 Å². The minimum Gasteiger partial charge on any atom is -0.493 e. The van der Waals surface area contributed by atoms with E-state index in [1.807, 2.05) is 0 Å². The molecule has 0 saturated carbocycles. The molecule has 0 aliphatic carbocycles. The zero-order chi connectivity index (χ0) is 22.5. The van der Waals surface area contributed by atoms with Crippen molar-refractivity contribution in [3.63, 3.8) is 0 Å². The lowest BCUT2D eigenvalue weighted by atomic mass is 10.1. The number of amides is 1. The normalized spacial score (nSPS) is 11.7. The summed E-state index contributed by atoms with van der Waals surface area (Å²) in [4.78, 5) is 12.0. The van der Waals surface area contributed by atoms with Crippen LogP contribution in [0.1, 0.15) is 6.92 Å². The number of hydrogen-bond donors (Lipinski definition) is 1. The van der Waals surface area contributed by atoms with Crippen LogP contribution in [0.2, 0.25) is 0 Å². The van der Waals surface area contributed by atoms with E-state index in [4.69, 9.17) is 14.2 Å². The van der Waals surface area contributed by atoms with Crippen LogP contribution in [0.4, 0.5) is 4.39 Å². The molecule has 31 heavy (non-hydrogen) atoms. The third-order valence-electron chi connectivity index (χ3n) is 4.55. The van der Waals surface area contributed by atoms with E-state index in [1.165, 1.54) is 39.2 Å². The summed E-state index contributed by atoms with van der Waals surface area (Å²) in [5.41, 5.74) is 0.826. The molecule has 0 fully saturated rings. The summed E-state index contributed by atoms with van der Waals surface area (Å²) in [5, 5.41) is 11.0. The van der Waals surface area contributed by atoms with E-state index >= 15 is 0 Å². The van der Waals surface area contributed by atoms with E-state index in [0.29, 0.717) is 33.8 Å². The van der Waals surface area contributed by atoms with E-state index in [0.717, 1.165) is 0 Å². The van der Waals surface area contributed by atoms with Crippen molar-refractivity contribution in [2.45, 2.75) is 17.3 Å². The molecule has 0 bridgehead atoms. The summed E-state index contributed by atoms with van der Waals surface area (Å²) in [6.07, 6.45) is 0. The number of carbonyl (C=O) groups is 1. The van der Waals surface area contributed by atoms with Gasteiger partial charge in [-0.25, -0.2) is 4.39 Å². The van der Waals surface area contributed by atoms with Gasteiger partial charge in [-0.15, -0.1) is 10.2 Å². The number of thioether (sulfide) groups is 1. The van der Waals surface area contributed by atoms with Crippen LogP contribution in [0, 0.1) is 5.82 Å². The number of nitrogens with zero attached hydrogens (tertiary/aromatic N) is 3. The van der Waals surface area contributed by atoms with Crippen molar-refractivity contribution in [3.05, 3.63) is 42.2 Å². The van der Waals surface area contributed by atoms with Crippen molar-refractivity contribution in [1.29, 1.82) is 0 Å². The lowest BCUT2D eigenvalue weighted by Crippen LogP contribution is -2.27. The quantitative estimate of drug-likeness (QED) is 0.531. The van der Waals surface area contributed by atoms with E-state index in [2.05, 4.69) is 15.5 Å². The maximum atomic E-state index is 14.8. The fraction of sp³-hybridized carbons (Fsp3) is 0.286. The molecule has 1 unspecified atom stereocenters. The van der Waals surface area contributed by atoms with Crippen LogP contribution < -0.4 is 19.5 Å². The number of hydrogen-bond acceptors (Lipinski definition) is 7. The van der Waals surface area contributed by atoms with Crippen molar-refractivity contribution < 1.29 is 23.4 Å². The average molecular weight is 447 g/mol. The monoisotopic (exact) mass is 446 g/mol. The smallest absolute Gasteiger partial charge is 0.233 e. The number of methoxy groups -OCH3 is 3. The first-order chi connectivity index (χ1) is 14.9. The number of aromatic nitrogens is 3. The molecule has 0 radical (unpaired) electrons. The average Bonchev–Trinajstić information content (AvgIpc) is 3.20. The first kappa shape index (κ1) is 22.4. The third-order valence-corrected chi connectivity index (χ3v) is 5.59. The van der Waals surface area contributed by atoms with Crippen molar-refractivity contribution in [2.24, 2.45) is 0 Å². The van der Waals surface area contributed by atoms with Gasteiger partial charge >= 0.3 is 0 Å². The molecular weight excluding hydrogens is 423 g/mol. The molecule has 1 atom stereocenters. The second-order valence-corrected chi connectivity index (χ2v) is 7.69. The Balaban J connectivity index is 2.22. The Morgan fingerprint density at radius 2 is 1.74 bits per heavy atom. The largest absolute Gasteiger partial charge is 0.493 e. The molecule has 0 saturated heterocycles. The lowest BCUT2D eigenvalue weighted by molar-refractivity contribution is -0.119. The van der Waals surface area contributed by atoms with E-state index < -0.39 is 11.1 Å². The van der Waals surface area contributed by atoms with Crippen LogP contribution in [0.5, 0.6) is 17.2 Å². The molecule has 1 N–H and O–H groups in total. The van der Waals surface area contributed by atoms with Crippen molar-refractivity contribution >= 4 is 17.7 Å². The molecule has 0 spiro atoms. The van der Waals surface area contributed by atoms with Crippen LogP contribution in [0.15, 0.2) is 41.6 Å². The van der Waals surface area contributed by atoms with Crippen molar-refractivity contribution in [2.75, 3.05) is 28.4 Å². The summed E-state index contributed by atoms with van der Waals surface area (Å²) < 4.78 is 32.6. The zero-order valence-electron chi connectivity index (χ0n) is 17.8. The number of ether oxygens (including phenoxy) is 3. The molecule has 1 amide bonds. The van der Waals surface area contributed by atoms with Gasteiger partial charge in [-0.2, -0.15) is 0 Å². The van der Waals surface area contributed by atoms with E-state index in [1.54, 1.807) is 48.9 Å². The molecule has 164 valence electrons. The highest BCUT2D eigenvalue weighted by molar-refractivity contribution is 8.00. The molecule has 3 rings (SSSR count). The molecular formula is C21H23FN4O4S. The number of benzene rings is 2. The van der Waals surface area contributed by atoms with Gasteiger partial charge in [0.2, 0.25) is 11.7 Å². The Labute approximate surface area is 183 Å². The van der Waals surface area contributed by atoms with Gasteiger partial charge in [0.1, 0.15) is 5.82 Å². The van der Waals surface area contributed by atoms with Gasteiger partial charge in [0.25, 0.3) is 0 Å². The minimum atomic E-state index is -0.465. The van der Waals surface area contributed by atoms with Gasteiger partial charge in [-0.05, 0) is 31.2 Å². The van der Waals surface area contributed by atoms with Gasteiger partial charge in [0.05, 0.1) is 32.3 Å². The highest BCUT2D eigenvalue weighted by Crippen LogP contribution is 2.42.